The van der Waals surface area contributed by atoms with E-state index in [-0.39, 0.29) is 23.4 Å². The van der Waals surface area contributed by atoms with Crippen LogP contribution in [0.3, 0.4) is 0 Å². The van der Waals surface area contributed by atoms with Crippen molar-refractivity contribution in [2.24, 2.45) is 23.5 Å². The first-order valence-electron chi connectivity index (χ1n) is 7.36. The van der Waals surface area contributed by atoms with Gasteiger partial charge in [-0.15, -0.1) is 0 Å². The largest absolute Gasteiger partial charge is 0.478 e. The van der Waals surface area contributed by atoms with E-state index in [1.54, 1.807) is 25.2 Å². The van der Waals surface area contributed by atoms with Crippen LogP contribution in [0, 0.1) is 17.8 Å². The number of nitrogens with two attached hydrogens (primary N) is 1. The average Bonchev–Trinajstić information content (AvgIpc) is 3.06. The summed E-state index contributed by atoms with van der Waals surface area (Å²) in [6.07, 6.45) is 3.21. The minimum atomic E-state index is -1.03. The molecule has 0 radical (unpaired) electrons. The van der Waals surface area contributed by atoms with Gasteiger partial charge in [0.25, 0.3) is 0 Å². The molecule has 2 bridgehead atoms. The van der Waals surface area contributed by atoms with E-state index in [1.807, 2.05) is 0 Å². The topological polar surface area (TPSA) is 83.6 Å². The number of nitrogens with zero attached hydrogens (tertiary/aromatic N) is 1. The summed E-state index contributed by atoms with van der Waals surface area (Å²) in [6.45, 7) is 0. The highest BCUT2D eigenvalue weighted by Gasteiger charge is 2.50. The van der Waals surface area contributed by atoms with E-state index < -0.39 is 5.97 Å². The van der Waals surface area contributed by atoms with Crippen molar-refractivity contribution in [3.63, 3.8) is 0 Å². The lowest BCUT2D eigenvalue weighted by atomic mass is 9.84. The number of hydrogen-bond acceptors (Lipinski definition) is 3. The molecule has 0 saturated heterocycles. The van der Waals surface area contributed by atoms with Crippen LogP contribution in [0.5, 0.6) is 0 Å². The number of anilines is 1. The number of para-hydroxylation sites is 1. The first-order valence-corrected chi connectivity index (χ1v) is 7.36. The Morgan fingerprint density at radius 1 is 1.24 bits per heavy atom. The summed E-state index contributed by atoms with van der Waals surface area (Å²) in [7, 11) is 1.64. The molecule has 3 N–H and O–H groups in total. The molecule has 1 aromatic rings. The van der Waals surface area contributed by atoms with Crippen molar-refractivity contribution in [3.05, 3.63) is 29.8 Å². The van der Waals surface area contributed by atoms with Crippen LogP contribution in [0.25, 0.3) is 0 Å². The molecule has 3 rings (SSSR count). The molecule has 0 aliphatic heterocycles. The molecule has 2 fully saturated rings. The Morgan fingerprint density at radius 3 is 2.52 bits per heavy atom. The van der Waals surface area contributed by atoms with Crippen molar-refractivity contribution in [1.29, 1.82) is 0 Å². The molecule has 2 aliphatic carbocycles. The third kappa shape index (κ3) is 2.21. The van der Waals surface area contributed by atoms with Crippen LogP contribution in [0.1, 0.15) is 29.6 Å². The maximum absolute atomic E-state index is 12.8. The smallest absolute Gasteiger partial charge is 0.337 e. The minimum absolute atomic E-state index is 0.0524. The molecule has 112 valence electrons. The van der Waals surface area contributed by atoms with Gasteiger partial charge in [0.2, 0.25) is 5.91 Å². The number of carboxylic acids is 1. The Bertz CT molecular complexity index is 585. The van der Waals surface area contributed by atoms with Crippen molar-refractivity contribution in [2.45, 2.75) is 25.3 Å². The monoisotopic (exact) mass is 288 g/mol. The van der Waals surface area contributed by atoms with E-state index in [0.29, 0.717) is 17.5 Å². The molecule has 1 aromatic carbocycles. The Morgan fingerprint density at radius 2 is 1.90 bits per heavy atom. The number of rotatable bonds is 3. The highest BCUT2D eigenvalue weighted by atomic mass is 16.4. The van der Waals surface area contributed by atoms with Gasteiger partial charge in [-0.1, -0.05) is 12.1 Å². The highest BCUT2D eigenvalue weighted by molar-refractivity contribution is 6.02. The summed E-state index contributed by atoms with van der Waals surface area (Å²) in [5, 5.41) is 9.26. The maximum atomic E-state index is 12.8. The van der Waals surface area contributed by atoms with Crippen molar-refractivity contribution in [2.75, 3.05) is 11.9 Å². The third-order valence-corrected chi connectivity index (χ3v) is 5.09. The van der Waals surface area contributed by atoms with Gasteiger partial charge in [-0.25, -0.2) is 4.79 Å². The summed E-state index contributed by atoms with van der Waals surface area (Å²) >= 11 is 0. The number of benzene rings is 1. The quantitative estimate of drug-likeness (QED) is 0.887. The van der Waals surface area contributed by atoms with Crippen molar-refractivity contribution in [1.82, 2.24) is 0 Å². The fourth-order valence-corrected chi connectivity index (χ4v) is 3.99. The van der Waals surface area contributed by atoms with Crippen molar-refractivity contribution < 1.29 is 14.7 Å². The fourth-order valence-electron chi connectivity index (χ4n) is 3.99. The first-order chi connectivity index (χ1) is 10.0. The summed E-state index contributed by atoms with van der Waals surface area (Å²) in [5.74, 6) is -0.439. The fraction of sp³-hybridized carbons (Fsp3) is 0.500. The molecule has 1 amide bonds. The Kier molecular flexibility index (Phi) is 3.45. The summed E-state index contributed by atoms with van der Waals surface area (Å²) in [5.41, 5.74) is 6.79. The zero-order valence-electron chi connectivity index (χ0n) is 12.0. The molecule has 4 unspecified atom stereocenters. The van der Waals surface area contributed by atoms with Crippen LogP contribution in [0.2, 0.25) is 0 Å². The molecule has 2 saturated carbocycles. The normalized spacial score (nSPS) is 30.4. The van der Waals surface area contributed by atoms with E-state index in [9.17, 15) is 14.7 Å². The van der Waals surface area contributed by atoms with Gasteiger partial charge in [0, 0.05) is 13.1 Å². The van der Waals surface area contributed by atoms with Gasteiger partial charge in [0.05, 0.1) is 17.2 Å². The van der Waals surface area contributed by atoms with Crippen LogP contribution < -0.4 is 10.6 Å². The molecule has 4 atom stereocenters. The van der Waals surface area contributed by atoms with E-state index in [2.05, 4.69) is 0 Å². The maximum Gasteiger partial charge on any atom is 0.337 e. The lowest BCUT2D eigenvalue weighted by Gasteiger charge is -2.31. The van der Waals surface area contributed by atoms with E-state index in [1.165, 1.54) is 11.0 Å². The van der Waals surface area contributed by atoms with Crippen molar-refractivity contribution >= 4 is 17.6 Å². The second-order valence-electron chi connectivity index (χ2n) is 6.16. The van der Waals surface area contributed by atoms with Gasteiger partial charge in [-0.3, -0.25) is 4.79 Å². The second kappa shape index (κ2) is 5.15. The number of aromatic carboxylic acids is 1. The zero-order valence-corrected chi connectivity index (χ0v) is 12.0. The van der Waals surface area contributed by atoms with Gasteiger partial charge in [0.1, 0.15) is 0 Å². The Hall–Kier alpha value is -1.88. The van der Waals surface area contributed by atoms with Gasteiger partial charge < -0.3 is 15.7 Å². The minimum Gasteiger partial charge on any atom is -0.478 e. The Balaban J connectivity index is 1.87. The van der Waals surface area contributed by atoms with Crippen LogP contribution >= 0.6 is 0 Å². The van der Waals surface area contributed by atoms with E-state index in [4.69, 9.17) is 5.73 Å². The van der Waals surface area contributed by atoms with Gasteiger partial charge in [0.15, 0.2) is 0 Å². The summed E-state index contributed by atoms with van der Waals surface area (Å²) < 4.78 is 0. The number of amides is 1. The van der Waals surface area contributed by atoms with Crippen LogP contribution in [0.4, 0.5) is 5.69 Å². The number of hydrogen-bond donors (Lipinski definition) is 2. The molecule has 0 aromatic heterocycles. The first kappa shape index (κ1) is 14.1. The molecule has 0 spiro atoms. The lowest BCUT2D eigenvalue weighted by Crippen LogP contribution is -2.46. The van der Waals surface area contributed by atoms with Gasteiger partial charge >= 0.3 is 5.97 Å². The lowest BCUT2D eigenvalue weighted by molar-refractivity contribution is -0.124. The zero-order chi connectivity index (χ0) is 15.1. The average molecular weight is 288 g/mol. The Labute approximate surface area is 123 Å². The highest BCUT2D eigenvalue weighted by Crippen LogP contribution is 2.48. The summed E-state index contributed by atoms with van der Waals surface area (Å²) in [6, 6.07) is 6.50. The SMILES string of the molecule is CN(C(=O)C1C2CCC(C2)C1N)c1ccccc1C(=O)O. The molecule has 0 heterocycles. The number of fused-ring (bicyclic) bond motifs is 2. The van der Waals surface area contributed by atoms with Crippen molar-refractivity contribution in [3.8, 4) is 0 Å². The molecular formula is C16H20N2O3. The molecule has 5 nitrogen and oxygen atoms in total. The standard InChI is InChI=1S/C16H20N2O3/c1-18(12-5-3-2-4-11(12)16(20)21)15(19)13-9-6-7-10(8-9)14(13)17/h2-5,9-10,13-14H,6-8,17H2,1H3,(H,20,21). The number of carboxylic acid groups (broad SMARTS) is 1. The molecule has 21 heavy (non-hydrogen) atoms. The predicted octanol–water partition coefficient (Wildman–Crippen LogP) is 1.72. The van der Waals surface area contributed by atoms with Crippen LogP contribution in [-0.4, -0.2) is 30.1 Å². The summed E-state index contributed by atoms with van der Waals surface area (Å²) in [4.78, 5) is 25.5. The van der Waals surface area contributed by atoms with Gasteiger partial charge in [-0.2, -0.15) is 0 Å². The molecule has 5 heteroatoms. The predicted molar refractivity (Wildman–Crippen MR) is 79.1 cm³/mol. The number of carbonyl (C=O) groups is 2. The number of carbonyl (C=O) groups excluding carboxylic acids is 1. The molecule has 2 aliphatic rings. The van der Waals surface area contributed by atoms with E-state index >= 15 is 0 Å². The third-order valence-electron chi connectivity index (χ3n) is 5.09. The second-order valence-corrected chi connectivity index (χ2v) is 6.16. The van der Waals surface area contributed by atoms with E-state index in [0.717, 1.165) is 19.3 Å². The van der Waals surface area contributed by atoms with Crippen LogP contribution in [0.15, 0.2) is 24.3 Å². The molecular weight excluding hydrogens is 268 g/mol. The van der Waals surface area contributed by atoms with Crippen LogP contribution in [-0.2, 0) is 4.79 Å². The van der Waals surface area contributed by atoms with Gasteiger partial charge in [-0.05, 0) is 43.2 Å².